The largest absolute Gasteiger partial charge is 0.380 e. The SMILES string of the molecule is c1ccc(-c2c3c(c(-c4ccc5cc(-c6ccc7ccccc7c6)ccc5c4)c4ccccc24)CNc2ccccc2-3)cc1. The third-order valence-electron chi connectivity index (χ3n) is 9.25. The Morgan fingerprint density at radius 1 is 0.364 bits per heavy atom. The van der Waals surface area contributed by atoms with Gasteiger partial charge in [-0.15, -0.1) is 0 Å². The van der Waals surface area contributed by atoms with Crippen molar-refractivity contribution in [1.82, 2.24) is 0 Å². The van der Waals surface area contributed by atoms with Crippen LogP contribution in [0.5, 0.6) is 0 Å². The average Bonchev–Trinajstić information content (AvgIpc) is 3.10. The van der Waals surface area contributed by atoms with Crippen molar-refractivity contribution in [1.29, 1.82) is 0 Å². The van der Waals surface area contributed by atoms with Crippen molar-refractivity contribution in [2.45, 2.75) is 6.54 Å². The molecule has 1 aliphatic rings. The van der Waals surface area contributed by atoms with E-state index in [-0.39, 0.29) is 0 Å². The van der Waals surface area contributed by atoms with Gasteiger partial charge in [-0.3, -0.25) is 0 Å². The molecule has 1 aliphatic heterocycles. The van der Waals surface area contributed by atoms with Gasteiger partial charge in [-0.25, -0.2) is 0 Å². The third-order valence-corrected chi connectivity index (χ3v) is 9.25. The Kier molecular flexibility index (Phi) is 5.64. The van der Waals surface area contributed by atoms with E-state index in [0.717, 1.165) is 6.54 Å². The van der Waals surface area contributed by atoms with Crippen LogP contribution in [0.15, 0.2) is 158 Å². The van der Waals surface area contributed by atoms with Crippen molar-refractivity contribution in [3.63, 3.8) is 0 Å². The smallest absolute Gasteiger partial charge is 0.0422 e. The van der Waals surface area contributed by atoms with Crippen molar-refractivity contribution in [3.05, 3.63) is 163 Å². The summed E-state index contributed by atoms with van der Waals surface area (Å²) in [6.45, 7) is 0.783. The van der Waals surface area contributed by atoms with Gasteiger partial charge in [0.1, 0.15) is 0 Å². The lowest BCUT2D eigenvalue weighted by Gasteiger charge is -2.29. The van der Waals surface area contributed by atoms with E-state index in [4.69, 9.17) is 0 Å². The van der Waals surface area contributed by atoms with Crippen molar-refractivity contribution in [3.8, 4) is 44.5 Å². The summed E-state index contributed by atoms with van der Waals surface area (Å²) in [7, 11) is 0. The first kappa shape index (κ1) is 24.9. The van der Waals surface area contributed by atoms with Gasteiger partial charge in [0.25, 0.3) is 0 Å². The van der Waals surface area contributed by atoms with Gasteiger partial charge >= 0.3 is 0 Å². The van der Waals surface area contributed by atoms with E-state index in [1.807, 2.05) is 0 Å². The monoisotopic (exact) mass is 559 g/mol. The fourth-order valence-electron chi connectivity index (χ4n) is 7.19. The van der Waals surface area contributed by atoms with Gasteiger partial charge in [-0.05, 0) is 101 Å². The van der Waals surface area contributed by atoms with Gasteiger partial charge in [0.2, 0.25) is 0 Å². The highest BCUT2D eigenvalue weighted by molar-refractivity contribution is 6.14. The van der Waals surface area contributed by atoms with Crippen LogP contribution in [0.4, 0.5) is 5.69 Å². The highest BCUT2D eigenvalue weighted by atomic mass is 14.9. The van der Waals surface area contributed by atoms with Crippen molar-refractivity contribution < 1.29 is 0 Å². The molecule has 1 heterocycles. The third kappa shape index (κ3) is 3.94. The lowest BCUT2D eigenvalue weighted by molar-refractivity contribution is 1.14. The fourth-order valence-corrected chi connectivity index (χ4v) is 7.19. The Morgan fingerprint density at radius 2 is 0.909 bits per heavy atom. The molecule has 1 nitrogen and oxygen atoms in total. The molecule has 0 fully saturated rings. The first-order chi connectivity index (χ1) is 21.8. The van der Waals surface area contributed by atoms with Crippen LogP contribution < -0.4 is 5.32 Å². The predicted octanol–water partition coefficient (Wildman–Crippen LogP) is 11.7. The van der Waals surface area contributed by atoms with Crippen LogP contribution in [0.25, 0.3) is 76.8 Å². The molecular weight excluding hydrogens is 530 g/mol. The molecule has 0 spiro atoms. The maximum Gasteiger partial charge on any atom is 0.0422 e. The molecule has 0 aromatic heterocycles. The number of nitrogens with one attached hydrogen (secondary N) is 1. The number of hydrogen-bond acceptors (Lipinski definition) is 1. The molecule has 0 aliphatic carbocycles. The van der Waals surface area contributed by atoms with Crippen molar-refractivity contribution >= 4 is 38.0 Å². The van der Waals surface area contributed by atoms with E-state index < -0.39 is 0 Å². The van der Waals surface area contributed by atoms with Crippen LogP contribution in [0.3, 0.4) is 0 Å². The Balaban J connectivity index is 1.26. The lowest BCUT2D eigenvalue weighted by Crippen LogP contribution is -2.12. The maximum atomic E-state index is 3.75. The quantitative estimate of drug-likeness (QED) is 0.227. The minimum Gasteiger partial charge on any atom is -0.380 e. The number of hydrogen-bond donors (Lipinski definition) is 1. The Hall–Kier alpha value is -5.66. The first-order valence-corrected chi connectivity index (χ1v) is 15.3. The highest BCUT2D eigenvalue weighted by Crippen LogP contribution is 2.50. The standard InChI is InChI=1S/C43H29N/c1-2-11-29(12-3-1)42-37-15-7-6-14-36(37)41(39-27-44-40-17-9-8-16-38(40)43(39)42)35-23-22-33-25-32(20-21-34(33)26-35)31-19-18-28-10-4-5-13-30(28)24-31/h1-26,44H,27H2. The maximum absolute atomic E-state index is 3.75. The van der Waals surface area contributed by atoms with Gasteiger partial charge < -0.3 is 5.32 Å². The minimum atomic E-state index is 0.783. The molecule has 206 valence electrons. The number of benzene rings is 8. The molecule has 0 atom stereocenters. The Morgan fingerprint density at radius 3 is 1.68 bits per heavy atom. The summed E-state index contributed by atoms with van der Waals surface area (Å²) in [6, 6.07) is 57.7. The average molecular weight is 560 g/mol. The van der Waals surface area contributed by atoms with E-state index in [1.54, 1.807) is 0 Å². The number of fused-ring (bicyclic) bond motifs is 6. The molecule has 8 aromatic rings. The van der Waals surface area contributed by atoms with Gasteiger partial charge in [0.15, 0.2) is 0 Å². The Bertz CT molecular complexity index is 2380. The number of rotatable bonds is 3. The zero-order chi connectivity index (χ0) is 29.0. The number of para-hydroxylation sites is 1. The molecule has 0 unspecified atom stereocenters. The first-order valence-electron chi connectivity index (χ1n) is 15.3. The van der Waals surface area contributed by atoms with Gasteiger partial charge in [0, 0.05) is 17.8 Å². The van der Waals surface area contributed by atoms with Gasteiger partial charge in [-0.1, -0.05) is 133 Å². The lowest BCUT2D eigenvalue weighted by atomic mass is 9.79. The van der Waals surface area contributed by atoms with Crippen LogP contribution in [0, 0.1) is 0 Å². The molecule has 0 radical (unpaired) electrons. The van der Waals surface area contributed by atoms with Crippen molar-refractivity contribution in [2.24, 2.45) is 0 Å². The zero-order valence-corrected chi connectivity index (χ0v) is 24.2. The second kappa shape index (κ2) is 9.97. The molecule has 0 saturated heterocycles. The summed E-state index contributed by atoms with van der Waals surface area (Å²) < 4.78 is 0. The normalized spacial score (nSPS) is 12.2. The predicted molar refractivity (Wildman–Crippen MR) is 188 cm³/mol. The topological polar surface area (TPSA) is 12.0 Å². The van der Waals surface area contributed by atoms with E-state index in [0.29, 0.717) is 0 Å². The minimum absolute atomic E-state index is 0.783. The van der Waals surface area contributed by atoms with E-state index in [9.17, 15) is 0 Å². The van der Waals surface area contributed by atoms with E-state index in [2.05, 4.69) is 163 Å². The molecule has 8 aromatic carbocycles. The summed E-state index contributed by atoms with van der Waals surface area (Å²) in [4.78, 5) is 0. The molecule has 9 rings (SSSR count). The summed E-state index contributed by atoms with van der Waals surface area (Å²) in [6.07, 6.45) is 0. The van der Waals surface area contributed by atoms with Gasteiger partial charge in [-0.2, -0.15) is 0 Å². The van der Waals surface area contributed by atoms with Crippen LogP contribution in [-0.4, -0.2) is 0 Å². The van der Waals surface area contributed by atoms with Crippen LogP contribution in [0.2, 0.25) is 0 Å². The molecule has 44 heavy (non-hydrogen) atoms. The van der Waals surface area contributed by atoms with E-state index >= 15 is 0 Å². The van der Waals surface area contributed by atoms with E-state index in [1.165, 1.54) is 88.1 Å². The Labute approximate surface area is 257 Å². The second-order valence-electron chi connectivity index (χ2n) is 11.8. The molecule has 0 saturated carbocycles. The van der Waals surface area contributed by atoms with Crippen LogP contribution in [-0.2, 0) is 6.54 Å². The molecule has 0 amide bonds. The molecule has 1 N–H and O–H groups in total. The second-order valence-corrected chi connectivity index (χ2v) is 11.8. The highest BCUT2D eigenvalue weighted by Gasteiger charge is 2.26. The molecular formula is C43H29N. The zero-order valence-electron chi connectivity index (χ0n) is 24.2. The van der Waals surface area contributed by atoms with Crippen LogP contribution in [0.1, 0.15) is 5.56 Å². The van der Waals surface area contributed by atoms with Gasteiger partial charge in [0.05, 0.1) is 0 Å². The summed E-state index contributed by atoms with van der Waals surface area (Å²) >= 11 is 0. The fraction of sp³-hybridized carbons (Fsp3) is 0.0233. The van der Waals surface area contributed by atoms with Crippen LogP contribution >= 0.6 is 0 Å². The summed E-state index contributed by atoms with van der Waals surface area (Å²) in [5.41, 5.74) is 12.8. The van der Waals surface area contributed by atoms with Crippen molar-refractivity contribution in [2.75, 3.05) is 5.32 Å². The molecule has 0 bridgehead atoms. The summed E-state index contributed by atoms with van der Waals surface area (Å²) in [5.74, 6) is 0. The number of anilines is 1. The summed E-state index contributed by atoms with van der Waals surface area (Å²) in [5, 5.41) is 11.4. The molecule has 1 heteroatoms.